The van der Waals surface area contributed by atoms with Gasteiger partial charge in [0.05, 0.1) is 5.92 Å². The van der Waals surface area contributed by atoms with E-state index >= 15 is 0 Å². The lowest BCUT2D eigenvalue weighted by atomic mass is 9.79. The van der Waals surface area contributed by atoms with Gasteiger partial charge in [0.25, 0.3) is 5.91 Å². The van der Waals surface area contributed by atoms with Crippen LogP contribution >= 0.6 is 15.9 Å². The fourth-order valence-electron chi connectivity index (χ4n) is 2.75. The molecule has 2 N–H and O–H groups in total. The topological polar surface area (TPSA) is 66.4 Å². The summed E-state index contributed by atoms with van der Waals surface area (Å²) >= 11 is 3.33. The molecule has 5 heteroatoms. The second-order valence-electron chi connectivity index (χ2n) is 5.36. The highest BCUT2D eigenvalue weighted by atomic mass is 79.9. The van der Waals surface area contributed by atoms with E-state index in [0.717, 1.165) is 4.47 Å². The first-order chi connectivity index (χ1) is 10.4. The standard InChI is InChI=1S/C17H14BrNO3/c1-10(15(20)11-5-3-2-4-6-11)17(22)13-9-12(18)7-8-14(13)19-16(17)21/h2-10,22H,1H3,(H,19,21)/t10-,17+/m0/s1. The third kappa shape index (κ3) is 2.17. The number of halogens is 1. The van der Waals surface area contributed by atoms with Crippen LogP contribution in [0.25, 0.3) is 0 Å². The highest BCUT2D eigenvalue weighted by Crippen LogP contribution is 2.43. The molecule has 0 saturated carbocycles. The lowest BCUT2D eigenvalue weighted by Gasteiger charge is -2.27. The highest BCUT2D eigenvalue weighted by Gasteiger charge is 2.52. The first-order valence-electron chi connectivity index (χ1n) is 6.87. The second kappa shape index (κ2) is 5.34. The van der Waals surface area contributed by atoms with Gasteiger partial charge in [-0.2, -0.15) is 0 Å². The molecule has 0 bridgehead atoms. The molecule has 1 aliphatic rings. The Hall–Kier alpha value is -1.98. The van der Waals surface area contributed by atoms with Crippen LogP contribution in [0.4, 0.5) is 5.69 Å². The van der Waals surface area contributed by atoms with E-state index in [1.54, 1.807) is 49.4 Å². The maximum atomic E-state index is 12.6. The van der Waals surface area contributed by atoms with Gasteiger partial charge in [-0.1, -0.05) is 53.2 Å². The smallest absolute Gasteiger partial charge is 0.261 e. The highest BCUT2D eigenvalue weighted by molar-refractivity contribution is 9.10. The SMILES string of the molecule is C[C@@H](C(=O)c1ccccc1)[C@]1(O)C(=O)Nc2ccc(Br)cc21. The van der Waals surface area contributed by atoms with E-state index < -0.39 is 17.4 Å². The molecule has 22 heavy (non-hydrogen) atoms. The molecule has 0 unspecified atom stereocenters. The average Bonchev–Trinajstić information content (AvgIpc) is 2.79. The summed E-state index contributed by atoms with van der Waals surface area (Å²) in [6.07, 6.45) is 0. The van der Waals surface area contributed by atoms with E-state index in [4.69, 9.17) is 0 Å². The molecule has 0 saturated heterocycles. The summed E-state index contributed by atoms with van der Waals surface area (Å²) in [7, 11) is 0. The third-order valence-electron chi connectivity index (χ3n) is 4.06. The molecule has 1 aliphatic heterocycles. The summed E-state index contributed by atoms with van der Waals surface area (Å²) in [6.45, 7) is 1.57. The van der Waals surface area contributed by atoms with Crippen LogP contribution in [-0.2, 0) is 10.4 Å². The zero-order chi connectivity index (χ0) is 15.9. The number of nitrogens with one attached hydrogen (secondary N) is 1. The predicted molar refractivity (Wildman–Crippen MR) is 86.6 cm³/mol. The number of Topliss-reactive ketones (excluding diaryl/α,β-unsaturated/α-hetero) is 1. The average molecular weight is 360 g/mol. The molecule has 2 aromatic carbocycles. The Bertz CT molecular complexity index is 760. The number of carbonyl (C=O) groups is 2. The number of hydrogen-bond donors (Lipinski definition) is 2. The quantitative estimate of drug-likeness (QED) is 0.827. The van der Waals surface area contributed by atoms with Crippen molar-refractivity contribution in [2.45, 2.75) is 12.5 Å². The van der Waals surface area contributed by atoms with Crippen LogP contribution in [-0.4, -0.2) is 16.8 Å². The molecule has 0 spiro atoms. The van der Waals surface area contributed by atoms with Gasteiger partial charge < -0.3 is 10.4 Å². The number of fused-ring (bicyclic) bond motifs is 1. The molecule has 0 aliphatic carbocycles. The van der Waals surface area contributed by atoms with Crippen LogP contribution < -0.4 is 5.32 Å². The van der Waals surface area contributed by atoms with Crippen LogP contribution in [0.3, 0.4) is 0 Å². The minimum absolute atomic E-state index is 0.272. The van der Waals surface area contributed by atoms with Crippen molar-refractivity contribution in [3.63, 3.8) is 0 Å². The van der Waals surface area contributed by atoms with Crippen LogP contribution in [0.1, 0.15) is 22.8 Å². The van der Waals surface area contributed by atoms with Crippen molar-refractivity contribution in [2.75, 3.05) is 5.32 Å². The summed E-state index contributed by atoms with van der Waals surface area (Å²) in [6, 6.07) is 13.8. The number of benzene rings is 2. The molecule has 3 rings (SSSR count). The number of rotatable bonds is 3. The van der Waals surface area contributed by atoms with Gasteiger partial charge in [-0.3, -0.25) is 9.59 Å². The van der Waals surface area contributed by atoms with Crippen molar-refractivity contribution in [1.29, 1.82) is 0 Å². The van der Waals surface area contributed by atoms with Gasteiger partial charge in [-0.25, -0.2) is 0 Å². The van der Waals surface area contributed by atoms with E-state index in [-0.39, 0.29) is 5.78 Å². The largest absolute Gasteiger partial charge is 0.375 e. The molecule has 1 heterocycles. The number of hydrogen-bond acceptors (Lipinski definition) is 3. The molecule has 4 nitrogen and oxygen atoms in total. The zero-order valence-corrected chi connectivity index (χ0v) is 13.4. The van der Waals surface area contributed by atoms with Crippen molar-refractivity contribution < 1.29 is 14.7 Å². The zero-order valence-electron chi connectivity index (χ0n) is 11.8. The Labute approximate surface area is 136 Å². The molecular weight excluding hydrogens is 346 g/mol. The van der Waals surface area contributed by atoms with Gasteiger partial charge in [0.1, 0.15) is 0 Å². The Morgan fingerprint density at radius 1 is 1.23 bits per heavy atom. The van der Waals surface area contributed by atoms with E-state index in [0.29, 0.717) is 16.8 Å². The number of aliphatic hydroxyl groups is 1. The fraction of sp³-hybridized carbons (Fsp3) is 0.176. The molecule has 2 atom stereocenters. The van der Waals surface area contributed by atoms with Gasteiger partial charge in [-0.15, -0.1) is 0 Å². The van der Waals surface area contributed by atoms with Gasteiger partial charge in [0, 0.05) is 21.3 Å². The first kappa shape index (κ1) is 14.9. The van der Waals surface area contributed by atoms with Gasteiger partial charge in [0.2, 0.25) is 0 Å². The van der Waals surface area contributed by atoms with Crippen molar-refractivity contribution >= 4 is 33.3 Å². The number of amides is 1. The maximum Gasteiger partial charge on any atom is 0.261 e. The Morgan fingerprint density at radius 2 is 1.91 bits per heavy atom. The monoisotopic (exact) mass is 359 g/mol. The van der Waals surface area contributed by atoms with E-state index in [1.165, 1.54) is 0 Å². The van der Waals surface area contributed by atoms with Gasteiger partial charge in [-0.05, 0) is 18.2 Å². The molecule has 2 aromatic rings. The Balaban J connectivity index is 2.05. The second-order valence-corrected chi connectivity index (χ2v) is 6.28. The molecular formula is C17H14BrNO3. The summed E-state index contributed by atoms with van der Waals surface area (Å²) in [5.41, 5.74) is -0.446. The van der Waals surface area contributed by atoms with Crippen LogP contribution in [0.15, 0.2) is 53.0 Å². The van der Waals surface area contributed by atoms with Crippen molar-refractivity contribution in [3.8, 4) is 0 Å². The lowest BCUT2D eigenvalue weighted by Crippen LogP contribution is -2.44. The van der Waals surface area contributed by atoms with E-state index in [2.05, 4.69) is 21.2 Å². The number of anilines is 1. The van der Waals surface area contributed by atoms with Crippen LogP contribution in [0.5, 0.6) is 0 Å². The van der Waals surface area contributed by atoms with Gasteiger partial charge >= 0.3 is 0 Å². The summed E-state index contributed by atoms with van der Waals surface area (Å²) in [4.78, 5) is 24.9. The minimum atomic E-state index is -1.87. The predicted octanol–water partition coefficient (Wildman–Crippen LogP) is 3.11. The minimum Gasteiger partial charge on any atom is -0.375 e. The maximum absolute atomic E-state index is 12.6. The van der Waals surface area contributed by atoms with Crippen molar-refractivity contribution in [3.05, 3.63) is 64.1 Å². The Morgan fingerprint density at radius 3 is 2.59 bits per heavy atom. The van der Waals surface area contributed by atoms with Crippen molar-refractivity contribution in [1.82, 2.24) is 0 Å². The summed E-state index contributed by atoms with van der Waals surface area (Å²) in [5.74, 6) is -1.74. The fourth-order valence-corrected chi connectivity index (χ4v) is 3.11. The van der Waals surface area contributed by atoms with Gasteiger partial charge in [0.15, 0.2) is 11.4 Å². The van der Waals surface area contributed by atoms with Crippen LogP contribution in [0.2, 0.25) is 0 Å². The first-order valence-corrected chi connectivity index (χ1v) is 7.67. The molecule has 0 fully saturated rings. The lowest BCUT2D eigenvalue weighted by molar-refractivity contribution is -0.137. The number of carbonyl (C=O) groups excluding carboxylic acids is 2. The molecule has 112 valence electrons. The molecule has 0 radical (unpaired) electrons. The molecule has 0 aromatic heterocycles. The van der Waals surface area contributed by atoms with Crippen LogP contribution in [0, 0.1) is 5.92 Å². The summed E-state index contributed by atoms with van der Waals surface area (Å²) in [5, 5.41) is 13.6. The molecule has 1 amide bonds. The van der Waals surface area contributed by atoms with E-state index in [9.17, 15) is 14.7 Å². The normalized spacial score (nSPS) is 21.1. The summed E-state index contributed by atoms with van der Waals surface area (Å²) < 4.78 is 0.737. The Kier molecular flexibility index (Phi) is 3.62. The van der Waals surface area contributed by atoms with Crippen molar-refractivity contribution in [2.24, 2.45) is 5.92 Å². The number of ketones is 1. The third-order valence-corrected chi connectivity index (χ3v) is 4.56. The van der Waals surface area contributed by atoms with E-state index in [1.807, 2.05) is 6.07 Å².